The summed E-state index contributed by atoms with van der Waals surface area (Å²) >= 11 is 0. The smallest absolute Gasteiger partial charge is 0.168 e. The summed E-state index contributed by atoms with van der Waals surface area (Å²) in [6, 6.07) is 0.512. The lowest BCUT2D eigenvalue weighted by molar-refractivity contribution is -0.603. The Labute approximate surface area is 96.1 Å². The summed E-state index contributed by atoms with van der Waals surface area (Å²) in [7, 11) is 0. The number of allylic oxidation sites excluding steroid dienone is 4. The second-order valence-electron chi connectivity index (χ2n) is 3.81. The lowest BCUT2D eigenvalue weighted by Crippen LogP contribution is -2.82. The molecular weight excluding hydrogens is 200 g/mol. The predicted octanol–water partition coefficient (Wildman–Crippen LogP) is 0.986. The van der Waals surface area contributed by atoms with Crippen LogP contribution in [0.1, 0.15) is 13.8 Å². The average Bonchev–Trinajstić information content (AvgIpc) is 2.67. The van der Waals surface area contributed by atoms with E-state index in [2.05, 4.69) is 30.8 Å². The SMILES string of the molecule is C=CC(=CC=CN)n1cc([NH2+]C(C)C)cn1. The minimum Gasteiger partial charge on any atom is -0.405 e. The van der Waals surface area contributed by atoms with E-state index in [0.717, 1.165) is 11.4 Å². The Hall–Kier alpha value is -1.81. The van der Waals surface area contributed by atoms with E-state index in [1.807, 2.05) is 18.5 Å². The maximum absolute atomic E-state index is 5.29. The normalized spacial score (nSPS) is 12.6. The largest absolute Gasteiger partial charge is 0.405 e. The Morgan fingerprint density at radius 3 is 2.94 bits per heavy atom. The molecule has 0 aliphatic carbocycles. The minimum atomic E-state index is 0.512. The Bertz CT molecular complexity index is 399. The van der Waals surface area contributed by atoms with E-state index < -0.39 is 0 Å². The molecule has 0 aliphatic heterocycles. The molecule has 1 rings (SSSR count). The van der Waals surface area contributed by atoms with E-state index in [0.29, 0.717) is 6.04 Å². The van der Waals surface area contributed by atoms with Gasteiger partial charge in [-0.1, -0.05) is 6.58 Å². The van der Waals surface area contributed by atoms with E-state index >= 15 is 0 Å². The Morgan fingerprint density at radius 2 is 2.38 bits per heavy atom. The van der Waals surface area contributed by atoms with Crippen LogP contribution in [-0.4, -0.2) is 15.8 Å². The van der Waals surface area contributed by atoms with Crippen LogP contribution in [0.5, 0.6) is 0 Å². The van der Waals surface area contributed by atoms with Crippen molar-refractivity contribution < 1.29 is 5.32 Å². The van der Waals surface area contributed by atoms with Gasteiger partial charge in [-0.05, 0) is 38.3 Å². The molecule has 0 unspecified atom stereocenters. The van der Waals surface area contributed by atoms with E-state index in [1.165, 1.54) is 6.20 Å². The fourth-order valence-corrected chi connectivity index (χ4v) is 1.34. The fraction of sp³-hybridized carbons (Fsp3) is 0.250. The van der Waals surface area contributed by atoms with Crippen molar-refractivity contribution in [1.29, 1.82) is 0 Å². The number of aromatic nitrogens is 2. The van der Waals surface area contributed by atoms with Gasteiger partial charge in [-0.15, -0.1) is 0 Å². The van der Waals surface area contributed by atoms with E-state index in [1.54, 1.807) is 16.8 Å². The van der Waals surface area contributed by atoms with Gasteiger partial charge in [-0.25, -0.2) is 4.68 Å². The maximum atomic E-state index is 5.29. The number of nitrogens with two attached hydrogens (primary N) is 2. The first-order valence-electron chi connectivity index (χ1n) is 5.28. The van der Waals surface area contributed by atoms with Gasteiger partial charge in [0, 0.05) is 0 Å². The quantitative estimate of drug-likeness (QED) is 0.725. The summed E-state index contributed by atoms with van der Waals surface area (Å²) in [5.41, 5.74) is 7.29. The number of rotatable bonds is 5. The van der Waals surface area contributed by atoms with Crippen LogP contribution < -0.4 is 11.1 Å². The zero-order valence-corrected chi connectivity index (χ0v) is 9.80. The van der Waals surface area contributed by atoms with Gasteiger partial charge in [-0.3, -0.25) is 0 Å². The van der Waals surface area contributed by atoms with Crippen molar-refractivity contribution in [3.05, 3.63) is 43.4 Å². The molecule has 0 spiro atoms. The summed E-state index contributed by atoms with van der Waals surface area (Å²) < 4.78 is 1.78. The molecule has 0 aliphatic rings. The molecular formula is C12H19N4+. The molecule has 0 atom stereocenters. The maximum Gasteiger partial charge on any atom is 0.168 e. The highest BCUT2D eigenvalue weighted by Gasteiger charge is 2.05. The van der Waals surface area contributed by atoms with Gasteiger partial charge >= 0.3 is 0 Å². The molecule has 4 N–H and O–H groups in total. The Balaban J connectivity index is 2.86. The van der Waals surface area contributed by atoms with Crippen LogP contribution in [-0.2, 0) is 0 Å². The molecule has 0 amide bonds. The van der Waals surface area contributed by atoms with Gasteiger partial charge in [0.1, 0.15) is 6.20 Å². The van der Waals surface area contributed by atoms with Crippen LogP contribution in [0.2, 0.25) is 0 Å². The highest BCUT2D eigenvalue weighted by Crippen LogP contribution is 2.07. The minimum absolute atomic E-state index is 0.512. The molecule has 1 heterocycles. The highest BCUT2D eigenvalue weighted by molar-refractivity contribution is 5.57. The van der Waals surface area contributed by atoms with Crippen molar-refractivity contribution in [3.8, 4) is 0 Å². The van der Waals surface area contributed by atoms with Crippen LogP contribution in [0, 0.1) is 0 Å². The van der Waals surface area contributed by atoms with Gasteiger partial charge in [0.25, 0.3) is 0 Å². The fourth-order valence-electron chi connectivity index (χ4n) is 1.34. The van der Waals surface area contributed by atoms with E-state index in [-0.39, 0.29) is 0 Å². The lowest BCUT2D eigenvalue weighted by atomic mass is 10.3. The van der Waals surface area contributed by atoms with Gasteiger partial charge < -0.3 is 11.1 Å². The first-order valence-corrected chi connectivity index (χ1v) is 5.28. The third kappa shape index (κ3) is 3.40. The van der Waals surface area contributed by atoms with E-state index in [4.69, 9.17) is 5.73 Å². The van der Waals surface area contributed by atoms with Crippen molar-refractivity contribution in [3.63, 3.8) is 0 Å². The van der Waals surface area contributed by atoms with Crippen LogP contribution >= 0.6 is 0 Å². The van der Waals surface area contributed by atoms with Crippen molar-refractivity contribution in [1.82, 2.24) is 9.78 Å². The van der Waals surface area contributed by atoms with Gasteiger partial charge in [0.05, 0.1) is 17.9 Å². The third-order valence-corrected chi connectivity index (χ3v) is 1.98. The molecule has 4 nitrogen and oxygen atoms in total. The first kappa shape index (κ1) is 12.3. The van der Waals surface area contributed by atoms with Crippen LogP contribution in [0.3, 0.4) is 0 Å². The van der Waals surface area contributed by atoms with Gasteiger partial charge in [-0.2, -0.15) is 5.10 Å². The summed E-state index contributed by atoms with van der Waals surface area (Å²) in [4.78, 5) is 0. The second kappa shape index (κ2) is 5.92. The standard InChI is InChI=1S/C12H18N4/c1-4-12(6-5-7-13)16-9-11(8-14-16)15-10(2)3/h4-10,15H,1,13H2,2-3H3/p+1. The van der Waals surface area contributed by atoms with Crippen molar-refractivity contribution in [2.45, 2.75) is 19.9 Å². The molecule has 0 saturated heterocycles. The van der Waals surface area contributed by atoms with Crippen LogP contribution in [0.25, 0.3) is 5.70 Å². The molecule has 4 heteroatoms. The van der Waals surface area contributed by atoms with Gasteiger partial charge in [0.15, 0.2) is 5.69 Å². The van der Waals surface area contributed by atoms with Crippen molar-refractivity contribution in [2.24, 2.45) is 5.73 Å². The summed E-state index contributed by atoms with van der Waals surface area (Å²) in [5, 5.41) is 6.42. The number of nitrogens with zero attached hydrogens (tertiary/aromatic N) is 2. The molecule has 1 aromatic rings. The molecule has 16 heavy (non-hydrogen) atoms. The average molecular weight is 219 g/mol. The molecule has 0 saturated carbocycles. The summed E-state index contributed by atoms with van der Waals surface area (Å²) in [6.45, 7) is 8.02. The number of hydrogen-bond donors (Lipinski definition) is 2. The summed E-state index contributed by atoms with van der Waals surface area (Å²) in [5.74, 6) is 0. The number of quaternary nitrogens is 1. The Kier molecular flexibility index (Phi) is 4.54. The molecule has 0 fully saturated rings. The molecule has 0 bridgehead atoms. The molecule has 0 radical (unpaired) electrons. The Morgan fingerprint density at radius 1 is 1.62 bits per heavy atom. The van der Waals surface area contributed by atoms with Crippen molar-refractivity contribution >= 4 is 11.4 Å². The zero-order valence-electron chi connectivity index (χ0n) is 9.80. The lowest BCUT2D eigenvalue weighted by Gasteiger charge is -2.01. The molecule has 0 aromatic carbocycles. The van der Waals surface area contributed by atoms with Crippen LogP contribution in [0.15, 0.2) is 43.4 Å². The summed E-state index contributed by atoms with van der Waals surface area (Å²) in [6.07, 6.45) is 10.6. The van der Waals surface area contributed by atoms with E-state index in [9.17, 15) is 0 Å². The van der Waals surface area contributed by atoms with Crippen LogP contribution in [0.4, 0.5) is 5.69 Å². The number of hydrogen-bond acceptors (Lipinski definition) is 2. The highest BCUT2D eigenvalue weighted by atomic mass is 15.3. The molecule has 1 aromatic heterocycles. The second-order valence-corrected chi connectivity index (χ2v) is 3.81. The topological polar surface area (TPSA) is 60.5 Å². The first-order chi connectivity index (χ1) is 7.67. The van der Waals surface area contributed by atoms with Gasteiger partial charge in [0.2, 0.25) is 0 Å². The zero-order chi connectivity index (χ0) is 12.0. The molecule has 86 valence electrons. The predicted molar refractivity (Wildman–Crippen MR) is 66.7 cm³/mol. The van der Waals surface area contributed by atoms with Crippen molar-refractivity contribution in [2.75, 3.05) is 0 Å². The third-order valence-electron chi connectivity index (χ3n) is 1.98. The monoisotopic (exact) mass is 219 g/mol.